The lowest BCUT2D eigenvalue weighted by Crippen LogP contribution is -2.74. The fourth-order valence-corrected chi connectivity index (χ4v) is 5.03. The van der Waals surface area contributed by atoms with Gasteiger partial charge in [-0.2, -0.15) is 74.6 Å². The third kappa shape index (κ3) is 5.31. The topological polar surface area (TPSA) is 50.1 Å². The molecule has 3 nitrogen and oxygen atoms in total. The van der Waals surface area contributed by atoms with E-state index in [1.54, 1.807) is 0 Å². The molecule has 0 radical (unpaired) electrons. The van der Waals surface area contributed by atoms with E-state index in [0.717, 1.165) is 0 Å². The molecule has 21 heteroatoms. The molecular weight excluding hydrogens is 561 g/mol. The lowest BCUT2D eigenvalue weighted by atomic mass is 9.88. The van der Waals surface area contributed by atoms with Crippen LogP contribution in [0.3, 0.4) is 0 Å². The molecule has 4 N–H and O–H groups in total. The second-order valence-corrected chi connectivity index (χ2v) is 10.3. The first-order valence-electron chi connectivity index (χ1n) is 9.08. The SMILES string of the molecule is CCN[Si](N)(CCC(F)(F)C(F)(F)C(F)(F)C(F)(F)C(F)(F)C(F)(F)C(F)(F)C(F)(F)F)NCC. The molecule has 0 amide bonds. The van der Waals surface area contributed by atoms with Gasteiger partial charge in [0.25, 0.3) is 8.56 Å². The van der Waals surface area contributed by atoms with E-state index >= 15 is 0 Å². The number of hydrogen-bond acceptors (Lipinski definition) is 3. The van der Waals surface area contributed by atoms with E-state index in [0.29, 0.717) is 0 Å². The highest BCUT2D eigenvalue weighted by atomic mass is 28.4. The third-order valence-corrected chi connectivity index (χ3v) is 7.61. The minimum atomic E-state index is -8.62. The summed E-state index contributed by atoms with van der Waals surface area (Å²) in [7, 11) is -3.89. The van der Waals surface area contributed by atoms with Gasteiger partial charge < -0.3 is 15.4 Å². The standard InChI is InChI=1S/C14H18F17N3Si/c1-3-33-35(32,34-4-2)6-5-7(15,16)8(17,18)9(19,20)10(21,22)11(23,24)12(25,26)13(27,28)14(29,30)31/h33-34H,3-6,32H2,1-2H3. The van der Waals surface area contributed by atoms with E-state index < -0.39 is 68.7 Å². The van der Waals surface area contributed by atoms with Crippen LogP contribution in [0.15, 0.2) is 0 Å². The predicted molar refractivity (Wildman–Crippen MR) is 87.4 cm³/mol. The van der Waals surface area contributed by atoms with Crippen LogP contribution in [0.5, 0.6) is 0 Å². The molecule has 0 atom stereocenters. The lowest BCUT2D eigenvalue weighted by molar-refractivity contribution is -0.461. The number of halogens is 17. The molecule has 0 aliphatic rings. The van der Waals surface area contributed by atoms with E-state index in [2.05, 4.69) is 9.96 Å². The second kappa shape index (κ2) is 9.65. The minimum absolute atomic E-state index is 0.124. The van der Waals surface area contributed by atoms with Gasteiger partial charge in [0, 0.05) is 6.42 Å². The summed E-state index contributed by atoms with van der Waals surface area (Å²) >= 11 is 0. The maximum Gasteiger partial charge on any atom is 0.460 e. The van der Waals surface area contributed by atoms with Crippen molar-refractivity contribution < 1.29 is 74.6 Å². The van der Waals surface area contributed by atoms with Crippen molar-refractivity contribution in [3.8, 4) is 0 Å². The molecule has 0 aliphatic carbocycles. The second-order valence-electron chi connectivity index (χ2n) is 7.18. The molecular formula is C14H18F17N3Si. The van der Waals surface area contributed by atoms with Gasteiger partial charge in [0.05, 0.1) is 0 Å². The highest BCUT2D eigenvalue weighted by Gasteiger charge is 2.95. The van der Waals surface area contributed by atoms with Gasteiger partial charge in [0.15, 0.2) is 0 Å². The van der Waals surface area contributed by atoms with Gasteiger partial charge in [-0.3, -0.25) is 0 Å². The van der Waals surface area contributed by atoms with E-state index in [-0.39, 0.29) is 13.1 Å². The van der Waals surface area contributed by atoms with Crippen molar-refractivity contribution in [1.82, 2.24) is 9.96 Å². The Bertz CT molecular complexity index is 715. The molecule has 0 saturated carbocycles. The molecule has 0 fully saturated rings. The van der Waals surface area contributed by atoms with Gasteiger partial charge in [-0.15, -0.1) is 0 Å². The van der Waals surface area contributed by atoms with Gasteiger partial charge in [-0.1, -0.05) is 13.8 Å². The Labute approximate surface area is 186 Å². The monoisotopic (exact) mass is 579 g/mol. The summed E-state index contributed by atoms with van der Waals surface area (Å²) in [5, 5.41) is 5.57. The Morgan fingerprint density at radius 1 is 0.514 bits per heavy atom. The van der Waals surface area contributed by atoms with Gasteiger partial charge >= 0.3 is 47.6 Å². The number of rotatable bonds is 13. The van der Waals surface area contributed by atoms with Crippen molar-refractivity contribution in [1.29, 1.82) is 0 Å². The Morgan fingerprint density at radius 2 is 0.800 bits per heavy atom. The van der Waals surface area contributed by atoms with E-state index in [9.17, 15) is 74.6 Å². The fraction of sp³-hybridized carbons (Fsp3) is 1.00. The molecule has 212 valence electrons. The average molecular weight is 579 g/mol. The van der Waals surface area contributed by atoms with Crippen molar-refractivity contribution in [2.24, 2.45) is 5.40 Å². The summed E-state index contributed by atoms with van der Waals surface area (Å²) in [6.45, 7) is 2.38. The molecule has 0 heterocycles. The summed E-state index contributed by atoms with van der Waals surface area (Å²) in [6, 6.07) is -1.38. The van der Waals surface area contributed by atoms with Crippen LogP contribution >= 0.6 is 0 Å². The number of alkyl halides is 17. The third-order valence-electron chi connectivity index (χ3n) is 4.60. The van der Waals surface area contributed by atoms with Crippen LogP contribution in [0.2, 0.25) is 6.04 Å². The van der Waals surface area contributed by atoms with E-state index in [4.69, 9.17) is 5.40 Å². The molecule has 0 bridgehead atoms. The molecule has 0 spiro atoms. The predicted octanol–water partition coefficient (Wildman–Crippen LogP) is 5.50. The highest BCUT2D eigenvalue weighted by Crippen LogP contribution is 2.64. The van der Waals surface area contributed by atoms with E-state index in [1.165, 1.54) is 13.8 Å². The van der Waals surface area contributed by atoms with Gasteiger partial charge in [-0.25, -0.2) is 0 Å². The van der Waals surface area contributed by atoms with Gasteiger partial charge in [0.1, 0.15) is 0 Å². The lowest BCUT2D eigenvalue weighted by Gasteiger charge is -2.43. The average Bonchev–Trinajstić information content (AvgIpc) is 2.65. The number of hydrogen-bond donors (Lipinski definition) is 3. The Balaban J connectivity index is 6.49. The van der Waals surface area contributed by atoms with Gasteiger partial charge in [0.2, 0.25) is 0 Å². The minimum Gasteiger partial charge on any atom is -0.327 e. The first-order chi connectivity index (χ1) is 15.1. The summed E-state index contributed by atoms with van der Waals surface area (Å²) in [5.74, 6) is -56.2. The fourth-order valence-electron chi connectivity index (χ4n) is 2.58. The molecule has 35 heavy (non-hydrogen) atoms. The van der Waals surface area contributed by atoms with Crippen LogP contribution in [0.25, 0.3) is 0 Å². The Morgan fingerprint density at radius 3 is 1.09 bits per heavy atom. The smallest absolute Gasteiger partial charge is 0.327 e. The van der Waals surface area contributed by atoms with Crippen molar-refractivity contribution in [3.63, 3.8) is 0 Å². The van der Waals surface area contributed by atoms with Crippen LogP contribution in [0, 0.1) is 0 Å². The zero-order valence-corrected chi connectivity index (χ0v) is 18.3. The summed E-state index contributed by atoms with van der Waals surface area (Å²) in [5.41, 5.74) is 0. The molecule has 0 unspecified atom stereocenters. The van der Waals surface area contributed by atoms with Crippen LogP contribution < -0.4 is 15.4 Å². The summed E-state index contributed by atoms with van der Waals surface area (Å²) in [6.07, 6.45) is -10.3. The zero-order valence-electron chi connectivity index (χ0n) is 17.3. The number of nitrogens with two attached hydrogens (primary N) is 1. The molecule has 0 saturated heterocycles. The van der Waals surface area contributed by atoms with Crippen molar-refractivity contribution >= 4 is 8.56 Å². The van der Waals surface area contributed by atoms with Crippen molar-refractivity contribution in [2.75, 3.05) is 13.1 Å². The van der Waals surface area contributed by atoms with Gasteiger partial charge in [-0.05, 0) is 19.1 Å². The molecule has 0 aromatic heterocycles. The van der Waals surface area contributed by atoms with Crippen LogP contribution in [0.1, 0.15) is 20.3 Å². The maximum absolute atomic E-state index is 13.9. The Hall–Kier alpha value is -1.09. The van der Waals surface area contributed by atoms with Crippen LogP contribution in [-0.2, 0) is 0 Å². The largest absolute Gasteiger partial charge is 0.460 e. The molecule has 0 rings (SSSR count). The summed E-state index contributed by atoms with van der Waals surface area (Å²) in [4.78, 5) is 4.62. The molecule has 0 aromatic carbocycles. The molecule has 0 aromatic rings. The molecule has 0 aliphatic heterocycles. The first kappa shape index (κ1) is 33.9. The highest BCUT2D eigenvalue weighted by molar-refractivity contribution is 6.71. The quantitative estimate of drug-likeness (QED) is 0.200. The first-order valence-corrected chi connectivity index (χ1v) is 11.4. The maximum atomic E-state index is 13.9. The zero-order chi connectivity index (χ0) is 28.7. The van der Waals surface area contributed by atoms with Crippen molar-refractivity contribution in [3.05, 3.63) is 0 Å². The van der Waals surface area contributed by atoms with Crippen LogP contribution in [-0.4, -0.2) is 69.3 Å². The van der Waals surface area contributed by atoms with Crippen LogP contribution in [0.4, 0.5) is 74.6 Å². The normalized spacial score (nSPS) is 16.1. The number of nitrogens with one attached hydrogen (secondary N) is 2. The van der Waals surface area contributed by atoms with E-state index in [1.807, 2.05) is 0 Å². The Kier molecular flexibility index (Phi) is 9.35. The summed E-state index contributed by atoms with van der Waals surface area (Å²) < 4.78 is 225. The van der Waals surface area contributed by atoms with Crippen molar-refractivity contribution in [2.45, 2.75) is 73.9 Å².